The van der Waals surface area contributed by atoms with Crippen molar-refractivity contribution < 1.29 is 18.3 Å². The molecule has 7 heteroatoms. The zero-order valence-corrected chi connectivity index (χ0v) is 15.4. The van der Waals surface area contributed by atoms with E-state index < -0.39 is 6.61 Å². The van der Waals surface area contributed by atoms with E-state index in [4.69, 9.17) is 4.74 Å². The Hall–Kier alpha value is -1.89. The van der Waals surface area contributed by atoms with Crippen LogP contribution in [-0.2, 0) is 11.3 Å². The van der Waals surface area contributed by atoms with E-state index in [-0.39, 0.29) is 18.4 Å². The van der Waals surface area contributed by atoms with Gasteiger partial charge in [0, 0.05) is 25.3 Å². The molecule has 0 amide bonds. The first-order valence-corrected chi connectivity index (χ1v) is 8.60. The molecule has 142 valence electrons. The zero-order chi connectivity index (χ0) is 18.7. The van der Waals surface area contributed by atoms with Gasteiger partial charge < -0.3 is 20.1 Å². The fourth-order valence-corrected chi connectivity index (χ4v) is 2.15. The van der Waals surface area contributed by atoms with Crippen molar-refractivity contribution in [3.05, 3.63) is 29.3 Å². The molecule has 0 aliphatic heterocycles. The summed E-state index contributed by atoms with van der Waals surface area (Å²) in [6, 6.07) is 5.10. The van der Waals surface area contributed by atoms with Gasteiger partial charge in [0.15, 0.2) is 5.96 Å². The van der Waals surface area contributed by atoms with E-state index in [1.165, 1.54) is 0 Å². The van der Waals surface area contributed by atoms with Crippen LogP contribution in [0, 0.1) is 6.92 Å². The molecule has 0 aromatic heterocycles. The number of nitrogens with zero attached hydrogens (tertiary/aromatic N) is 1. The number of aryl methyl sites for hydroxylation is 1. The van der Waals surface area contributed by atoms with Crippen molar-refractivity contribution in [3.63, 3.8) is 0 Å². The van der Waals surface area contributed by atoms with Crippen molar-refractivity contribution in [1.29, 1.82) is 0 Å². The maximum atomic E-state index is 12.5. The van der Waals surface area contributed by atoms with E-state index in [0.717, 1.165) is 12.0 Å². The van der Waals surface area contributed by atoms with Gasteiger partial charge in [0.2, 0.25) is 0 Å². The average molecular weight is 357 g/mol. The quantitative estimate of drug-likeness (QED) is 0.382. The maximum Gasteiger partial charge on any atom is 0.387 e. The topological polar surface area (TPSA) is 54.9 Å². The highest BCUT2D eigenvalue weighted by molar-refractivity contribution is 5.79. The second-order valence-corrected chi connectivity index (χ2v) is 5.88. The molecule has 0 heterocycles. The van der Waals surface area contributed by atoms with E-state index in [1.807, 2.05) is 27.7 Å². The van der Waals surface area contributed by atoms with E-state index in [2.05, 4.69) is 20.4 Å². The van der Waals surface area contributed by atoms with Crippen molar-refractivity contribution in [2.45, 2.75) is 53.4 Å². The van der Waals surface area contributed by atoms with Crippen LogP contribution >= 0.6 is 0 Å². The number of nitrogens with one attached hydrogen (secondary N) is 2. The summed E-state index contributed by atoms with van der Waals surface area (Å²) < 4.78 is 35.1. The lowest BCUT2D eigenvalue weighted by Gasteiger charge is -2.13. The molecule has 5 nitrogen and oxygen atoms in total. The predicted molar refractivity (Wildman–Crippen MR) is 96.3 cm³/mol. The first-order valence-electron chi connectivity index (χ1n) is 8.60. The van der Waals surface area contributed by atoms with Crippen molar-refractivity contribution in [2.75, 3.05) is 19.7 Å². The van der Waals surface area contributed by atoms with Crippen LogP contribution in [0.2, 0.25) is 0 Å². The third kappa shape index (κ3) is 9.24. The number of rotatable bonds is 10. The molecule has 0 saturated carbocycles. The third-order valence-corrected chi connectivity index (χ3v) is 3.25. The van der Waals surface area contributed by atoms with Crippen LogP contribution in [0.15, 0.2) is 23.2 Å². The smallest absolute Gasteiger partial charge is 0.387 e. The molecule has 0 spiro atoms. The van der Waals surface area contributed by atoms with Crippen molar-refractivity contribution in [1.82, 2.24) is 10.6 Å². The average Bonchev–Trinajstić information content (AvgIpc) is 2.53. The molecule has 1 aromatic carbocycles. The van der Waals surface area contributed by atoms with Crippen LogP contribution in [-0.4, -0.2) is 38.4 Å². The lowest BCUT2D eigenvalue weighted by molar-refractivity contribution is -0.0504. The monoisotopic (exact) mass is 357 g/mol. The summed E-state index contributed by atoms with van der Waals surface area (Å²) in [7, 11) is 0. The highest BCUT2D eigenvalue weighted by Crippen LogP contribution is 2.22. The third-order valence-electron chi connectivity index (χ3n) is 3.25. The Morgan fingerprint density at radius 2 is 2.00 bits per heavy atom. The minimum Gasteiger partial charge on any atom is -0.434 e. The molecular formula is C18H29F2N3O2. The van der Waals surface area contributed by atoms with Gasteiger partial charge in [0.25, 0.3) is 0 Å². The maximum absolute atomic E-state index is 12.5. The lowest BCUT2D eigenvalue weighted by Crippen LogP contribution is -2.38. The normalized spacial score (nSPS) is 11.9. The highest BCUT2D eigenvalue weighted by atomic mass is 19.3. The van der Waals surface area contributed by atoms with E-state index >= 15 is 0 Å². The second kappa shape index (κ2) is 11.6. The number of guanidine groups is 1. The summed E-state index contributed by atoms with van der Waals surface area (Å²) in [6.45, 7) is 7.37. The first-order chi connectivity index (χ1) is 11.9. The summed E-state index contributed by atoms with van der Waals surface area (Å²) in [5.74, 6) is 0.794. The summed E-state index contributed by atoms with van der Waals surface area (Å²) in [5.41, 5.74) is 1.59. The molecule has 0 bridgehead atoms. The van der Waals surface area contributed by atoms with Gasteiger partial charge in [-0.1, -0.05) is 17.7 Å². The summed E-state index contributed by atoms with van der Waals surface area (Å²) >= 11 is 0. The summed E-state index contributed by atoms with van der Waals surface area (Å²) in [6.07, 6.45) is 1.07. The van der Waals surface area contributed by atoms with Crippen LogP contribution in [0.4, 0.5) is 8.78 Å². The lowest BCUT2D eigenvalue weighted by atomic mass is 10.1. The SMILES string of the molecule is CCNC(=NCc1cc(C)ccc1OC(F)F)NCCCOC(C)C. The molecule has 0 atom stereocenters. The first kappa shape index (κ1) is 21.2. The Morgan fingerprint density at radius 3 is 2.64 bits per heavy atom. The van der Waals surface area contributed by atoms with E-state index in [0.29, 0.717) is 31.2 Å². The van der Waals surface area contributed by atoms with Gasteiger partial charge in [0.1, 0.15) is 5.75 Å². The van der Waals surface area contributed by atoms with Gasteiger partial charge in [-0.2, -0.15) is 8.78 Å². The molecule has 25 heavy (non-hydrogen) atoms. The van der Waals surface area contributed by atoms with E-state index in [1.54, 1.807) is 18.2 Å². The van der Waals surface area contributed by atoms with Gasteiger partial charge in [-0.05, 0) is 40.2 Å². The van der Waals surface area contributed by atoms with Crippen LogP contribution in [0.25, 0.3) is 0 Å². The van der Waals surface area contributed by atoms with Crippen molar-refractivity contribution >= 4 is 5.96 Å². The predicted octanol–water partition coefficient (Wildman–Crippen LogP) is 3.47. The Bertz CT molecular complexity index is 537. The number of hydrogen-bond acceptors (Lipinski definition) is 3. The minimum atomic E-state index is -2.85. The number of ether oxygens (including phenoxy) is 2. The van der Waals surface area contributed by atoms with Crippen LogP contribution in [0.1, 0.15) is 38.3 Å². The number of hydrogen-bond donors (Lipinski definition) is 2. The molecule has 1 rings (SSSR count). The Morgan fingerprint density at radius 1 is 1.24 bits per heavy atom. The summed E-state index contributed by atoms with van der Waals surface area (Å²) in [4.78, 5) is 4.45. The van der Waals surface area contributed by atoms with Gasteiger partial charge in [-0.15, -0.1) is 0 Å². The molecular weight excluding hydrogens is 328 g/mol. The molecule has 2 N–H and O–H groups in total. The number of halogens is 2. The fraction of sp³-hybridized carbons (Fsp3) is 0.611. The Balaban J connectivity index is 2.65. The standard InChI is InChI=1S/C18H29F2N3O2/c1-5-21-18(22-9-6-10-24-13(2)3)23-12-15-11-14(4)7-8-16(15)25-17(19)20/h7-8,11,13,17H,5-6,9-10,12H2,1-4H3,(H2,21,22,23). The molecule has 0 radical (unpaired) electrons. The molecule has 0 saturated heterocycles. The van der Waals surface area contributed by atoms with Gasteiger partial charge in [-0.25, -0.2) is 4.99 Å². The molecule has 0 unspecified atom stereocenters. The zero-order valence-electron chi connectivity index (χ0n) is 15.4. The Labute approximate surface area is 148 Å². The van der Waals surface area contributed by atoms with E-state index in [9.17, 15) is 8.78 Å². The second-order valence-electron chi connectivity index (χ2n) is 5.88. The number of aliphatic imine (C=N–C) groups is 1. The molecule has 0 aliphatic carbocycles. The minimum absolute atomic E-state index is 0.158. The Kier molecular flexibility index (Phi) is 9.84. The molecule has 1 aromatic rings. The van der Waals surface area contributed by atoms with Gasteiger partial charge in [0.05, 0.1) is 12.6 Å². The number of benzene rings is 1. The molecule has 0 fully saturated rings. The highest BCUT2D eigenvalue weighted by Gasteiger charge is 2.10. The molecule has 0 aliphatic rings. The largest absolute Gasteiger partial charge is 0.434 e. The van der Waals surface area contributed by atoms with Crippen LogP contribution in [0.3, 0.4) is 0 Å². The van der Waals surface area contributed by atoms with Gasteiger partial charge in [-0.3, -0.25) is 0 Å². The van der Waals surface area contributed by atoms with Gasteiger partial charge >= 0.3 is 6.61 Å². The van der Waals surface area contributed by atoms with Crippen molar-refractivity contribution in [2.24, 2.45) is 4.99 Å². The summed E-state index contributed by atoms with van der Waals surface area (Å²) in [5, 5.41) is 6.35. The van der Waals surface area contributed by atoms with Crippen LogP contribution in [0.5, 0.6) is 5.75 Å². The van der Waals surface area contributed by atoms with Crippen molar-refractivity contribution in [3.8, 4) is 5.75 Å². The van der Waals surface area contributed by atoms with Crippen LogP contribution < -0.4 is 15.4 Å². The fourth-order valence-electron chi connectivity index (χ4n) is 2.15. The number of alkyl halides is 2.